The van der Waals surface area contributed by atoms with E-state index in [-0.39, 0.29) is 18.9 Å². The van der Waals surface area contributed by atoms with E-state index in [2.05, 4.69) is 10.2 Å². The summed E-state index contributed by atoms with van der Waals surface area (Å²) in [4.78, 5) is 36.9. The minimum atomic E-state index is -5.07. The lowest BCUT2D eigenvalue weighted by Gasteiger charge is -2.37. The van der Waals surface area contributed by atoms with Crippen LogP contribution in [0.4, 0.5) is 0 Å². The zero-order valence-electron chi connectivity index (χ0n) is 13.8. The molecular weight excluding hydrogens is 354 g/mol. The highest BCUT2D eigenvalue weighted by Crippen LogP contribution is 2.74. The van der Waals surface area contributed by atoms with E-state index in [0.717, 1.165) is 38.5 Å². The van der Waals surface area contributed by atoms with E-state index < -0.39 is 26.1 Å². The zero-order valence-corrected chi connectivity index (χ0v) is 15.6. The van der Waals surface area contributed by atoms with Crippen molar-refractivity contribution in [2.45, 2.75) is 87.6 Å². The topological polar surface area (TPSA) is 140 Å². The van der Waals surface area contributed by atoms with Crippen LogP contribution in [-0.4, -0.2) is 36.6 Å². The van der Waals surface area contributed by atoms with Crippen molar-refractivity contribution in [3.63, 3.8) is 0 Å². The normalized spacial score (nSPS) is 27.8. The number of azo groups is 1. The molecule has 2 aliphatic rings. The standard InChI is InChI=1S/C14H28N2O6P2/c17-23(18,19)14(24(20,21)22)11-7-3-6-10-13(14)16-15-12-8-4-1-2-5-9-12/h12-13H,1-11H2,(H2,17,18,19)(H2,20,21,22). The molecule has 2 fully saturated rings. The number of rotatable bonds is 4. The van der Waals surface area contributed by atoms with Crippen molar-refractivity contribution in [1.29, 1.82) is 0 Å². The minimum absolute atomic E-state index is 0.0120. The number of nitrogens with zero attached hydrogens (tertiary/aromatic N) is 2. The van der Waals surface area contributed by atoms with E-state index in [9.17, 15) is 28.7 Å². The van der Waals surface area contributed by atoms with Crippen LogP contribution in [0.5, 0.6) is 0 Å². The molecule has 0 saturated heterocycles. The quantitative estimate of drug-likeness (QED) is 0.333. The second kappa shape index (κ2) is 8.07. The Kier molecular flexibility index (Phi) is 6.79. The Morgan fingerprint density at radius 3 is 1.75 bits per heavy atom. The Morgan fingerprint density at radius 1 is 0.708 bits per heavy atom. The molecule has 8 nitrogen and oxygen atoms in total. The third kappa shape index (κ3) is 4.35. The smallest absolute Gasteiger partial charge is 0.324 e. The van der Waals surface area contributed by atoms with Crippen LogP contribution in [0.2, 0.25) is 0 Å². The summed E-state index contributed by atoms with van der Waals surface area (Å²) in [7, 11) is -10.1. The highest BCUT2D eigenvalue weighted by Gasteiger charge is 2.65. The van der Waals surface area contributed by atoms with Gasteiger partial charge < -0.3 is 19.6 Å². The first-order valence-electron chi connectivity index (χ1n) is 8.70. The molecule has 2 rings (SSSR count). The Bertz CT molecular complexity index is 513. The summed E-state index contributed by atoms with van der Waals surface area (Å²) in [5, 5.41) is 8.40. The summed E-state index contributed by atoms with van der Waals surface area (Å²) in [5.74, 6) is 0. The van der Waals surface area contributed by atoms with Crippen LogP contribution in [0.3, 0.4) is 0 Å². The third-order valence-electron chi connectivity index (χ3n) is 5.26. The monoisotopic (exact) mass is 382 g/mol. The van der Waals surface area contributed by atoms with Crippen LogP contribution in [0.15, 0.2) is 10.2 Å². The average molecular weight is 382 g/mol. The molecule has 0 radical (unpaired) electrons. The molecule has 0 spiro atoms. The van der Waals surface area contributed by atoms with Gasteiger partial charge in [-0.25, -0.2) is 0 Å². The molecule has 1 atom stereocenters. The molecule has 10 heteroatoms. The van der Waals surface area contributed by atoms with E-state index in [4.69, 9.17) is 0 Å². The van der Waals surface area contributed by atoms with Gasteiger partial charge in [0.15, 0.2) is 4.90 Å². The van der Waals surface area contributed by atoms with Crippen LogP contribution in [0.25, 0.3) is 0 Å². The summed E-state index contributed by atoms with van der Waals surface area (Å²) < 4.78 is 24.2. The fraction of sp³-hybridized carbons (Fsp3) is 1.00. The van der Waals surface area contributed by atoms with Crippen molar-refractivity contribution in [1.82, 2.24) is 0 Å². The summed E-state index contributed by atoms with van der Waals surface area (Å²) in [5.41, 5.74) is 0. The fourth-order valence-corrected chi connectivity index (χ4v) is 7.24. The summed E-state index contributed by atoms with van der Waals surface area (Å²) in [6, 6.07) is -1.15. The second-order valence-corrected chi connectivity index (χ2v) is 11.1. The second-order valence-electron chi connectivity index (χ2n) is 6.96. The Morgan fingerprint density at radius 2 is 1.21 bits per heavy atom. The third-order valence-corrected chi connectivity index (χ3v) is 9.88. The predicted molar refractivity (Wildman–Crippen MR) is 90.0 cm³/mol. The van der Waals surface area contributed by atoms with Gasteiger partial charge in [0.1, 0.15) is 0 Å². The van der Waals surface area contributed by atoms with Gasteiger partial charge in [-0.05, 0) is 25.7 Å². The van der Waals surface area contributed by atoms with Crippen LogP contribution in [-0.2, 0) is 9.13 Å². The van der Waals surface area contributed by atoms with E-state index >= 15 is 0 Å². The highest BCUT2D eigenvalue weighted by molar-refractivity contribution is 7.72. The van der Waals surface area contributed by atoms with E-state index in [1.54, 1.807) is 0 Å². The van der Waals surface area contributed by atoms with Gasteiger partial charge in [-0.2, -0.15) is 10.2 Å². The SMILES string of the molecule is O=P(O)(O)C1(P(=O)(O)O)CCCCCC1N=NC1CCCCCC1. The molecule has 140 valence electrons. The summed E-state index contributed by atoms with van der Waals surface area (Å²) >= 11 is 0. The summed E-state index contributed by atoms with van der Waals surface area (Å²) in [6.07, 6.45) is 7.80. The lowest BCUT2D eigenvalue weighted by molar-refractivity contribution is 0.281. The van der Waals surface area contributed by atoms with Crippen LogP contribution >= 0.6 is 15.2 Å². The molecule has 0 bridgehead atoms. The van der Waals surface area contributed by atoms with E-state index in [0.29, 0.717) is 19.3 Å². The van der Waals surface area contributed by atoms with Crippen molar-refractivity contribution in [3.05, 3.63) is 0 Å². The zero-order chi connectivity index (χ0) is 17.8. The maximum absolute atomic E-state index is 12.1. The molecule has 1 unspecified atom stereocenters. The van der Waals surface area contributed by atoms with Crippen LogP contribution in [0, 0.1) is 0 Å². The van der Waals surface area contributed by atoms with Gasteiger partial charge >= 0.3 is 15.2 Å². The molecule has 2 saturated carbocycles. The molecular formula is C14H28N2O6P2. The van der Waals surface area contributed by atoms with Crippen molar-refractivity contribution in [2.24, 2.45) is 10.2 Å². The molecule has 4 N–H and O–H groups in total. The Balaban J connectivity index is 2.34. The van der Waals surface area contributed by atoms with Crippen LogP contribution in [0.1, 0.15) is 70.6 Å². The first kappa shape index (κ1) is 20.2. The Hall–Kier alpha value is -0.100. The predicted octanol–water partition coefficient (Wildman–Crippen LogP) is 3.55. The maximum Gasteiger partial charge on any atom is 0.346 e. The minimum Gasteiger partial charge on any atom is -0.324 e. The van der Waals surface area contributed by atoms with Gasteiger partial charge in [-0.3, -0.25) is 9.13 Å². The van der Waals surface area contributed by atoms with E-state index in [1.807, 2.05) is 0 Å². The van der Waals surface area contributed by atoms with Gasteiger partial charge in [0.2, 0.25) is 0 Å². The molecule has 2 aliphatic carbocycles. The summed E-state index contributed by atoms with van der Waals surface area (Å²) in [6.45, 7) is 0. The van der Waals surface area contributed by atoms with Crippen molar-refractivity contribution >= 4 is 15.2 Å². The molecule has 0 heterocycles. The molecule has 0 amide bonds. The van der Waals surface area contributed by atoms with Crippen molar-refractivity contribution < 1.29 is 28.7 Å². The van der Waals surface area contributed by atoms with Gasteiger partial charge in [0, 0.05) is 0 Å². The van der Waals surface area contributed by atoms with Crippen molar-refractivity contribution in [2.75, 3.05) is 0 Å². The first-order valence-corrected chi connectivity index (χ1v) is 11.9. The van der Waals surface area contributed by atoms with Gasteiger partial charge in [0.25, 0.3) is 0 Å². The molecule has 0 aliphatic heterocycles. The average Bonchev–Trinajstić information content (AvgIpc) is 2.84. The molecule has 0 aromatic carbocycles. The first-order chi connectivity index (χ1) is 11.2. The Labute approximate surface area is 142 Å². The lowest BCUT2D eigenvalue weighted by atomic mass is 10.1. The van der Waals surface area contributed by atoms with Crippen LogP contribution < -0.4 is 0 Å². The van der Waals surface area contributed by atoms with Gasteiger partial charge in [0.05, 0.1) is 12.1 Å². The maximum atomic E-state index is 12.1. The van der Waals surface area contributed by atoms with Gasteiger partial charge in [-0.15, -0.1) is 0 Å². The number of hydrogen-bond donors (Lipinski definition) is 4. The van der Waals surface area contributed by atoms with Gasteiger partial charge in [-0.1, -0.05) is 44.9 Å². The highest BCUT2D eigenvalue weighted by atomic mass is 31.2. The fourth-order valence-electron chi connectivity index (χ4n) is 3.84. The molecule has 0 aromatic rings. The lowest BCUT2D eigenvalue weighted by Crippen LogP contribution is -2.40. The number of hydrogen-bond acceptors (Lipinski definition) is 4. The van der Waals surface area contributed by atoms with E-state index in [1.165, 1.54) is 0 Å². The molecule has 0 aromatic heterocycles. The largest absolute Gasteiger partial charge is 0.346 e. The van der Waals surface area contributed by atoms with Crippen molar-refractivity contribution in [3.8, 4) is 0 Å². The molecule has 24 heavy (non-hydrogen) atoms.